The molecule has 68 heavy (non-hydrogen) atoms. The lowest BCUT2D eigenvalue weighted by Gasteiger charge is -2.35. The molecule has 15 nitrogen and oxygen atoms in total. The summed E-state index contributed by atoms with van der Waals surface area (Å²) in [4.78, 5) is 61.1. The fourth-order valence-corrected chi connectivity index (χ4v) is 7.97. The maximum Gasteiger partial charge on any atom is 0.417 e. The van der Waals surface area contributed by atoms with Gasteiger partial charge in [-0.15, -0.1) is 0 Å². The molecule has 2 saturated heterocycles. The Kier molecular flexibility index (Phi) is 15.2. The lowest BCUT2D eigenvalue weighted by molar-refractivity contribution is -0.144. The topological polar surface area (TPSA) is 191 Å². The van der Waals surface area contributed by atoms with Crippen molar-refractivity contribution in [3.8, 4) is 46.8 Å². The summed E-state index contributed by atoms with van der Waals surface area (Å²) in [5.74, 6) is 7.52. The minimum atomic E-state index is -4.87. The first kappa shape index (κ1) is 50.1. The van der Waals surface area contributed by atoms with Gasteiger partial charge in [-0.2, -0.15) is 18.4 Å². The van der Waals surface area contributed by atoms with Crippen LogP contribution in [0.1, 0.15) is 57.7 Å². The van der Waals surface area contributed by atoms with Crippen LogP contribution >= 0.6 is 12.2 Å². The molecule has 354 valence electrons. The number of likely N-dealkylation sites (tertiary alicyclic amines) is 1. The molecule has 4 amide bonds. The number of nitrogens with zero attached hydrogens (tertiary/aromatic N) is 5. The number of ether oxygens (including phenoxy) is 2. The summed E-state index contributed by atoms with van der Waals surface area (Å²) in [5, 5.41) is 25.0. The van der Waals surface area contributed by atoms with Crippen molar-refractivity contribution in [2.75, 3.05) is 36.2 Å². The van der Waals surface area contributed by atoms with Crippen LogP contribution in [0, 0.1) is 46.2 Å². The fraction of sp³-hybridized carbons (Fsp3) is 0.354. The molecule has 3 atom stereocenters. The molecule has 2 aliphatic heterocycles. The number of nitrogens with one attached hydrogen (secondary N) is 2. The van der Waals surface area contributed by atoms with Crippen molar-refractivity contribution in [3.05, 3.63) is 95.8 Å². The largest absolute Gasteiger partial charge is 0.478 e. The molecule has 3 aromatic carbocycles. The summed E-state index contributed by atoms with van der Waals surface area (Å²) >= 11 is 5.51. The number of β-amino-alcohol motifs (C(OH)–C–C–N with tert-alkyl or cyclic N) is 1. The zero-order chi connectivity index (χ0) is 49.6. The van der Waals surface area contributed by atoms with Crippen molar-refractivity contribution in [2.24, 2.45) is 5.41 Å². The molecule has 3 heterocycles. The highest BCUT2D eigenvalue weighted by Crippen LogP contribution is 2.40. The Hall–Kier alpha value is -7.31. The van der Waals surface area contributed by atoms with E-state index in [4.69, 9.17) is 26.1 Å². The fourth-order valence-electron chi connectivity index (χ4n) is 7.45. The third kappa shape index (κ3) is 11.4. The van der Waals surface area contributed by atoms with Crippen LogP contribution in [0.4, 0.5) is 28.9 Å². The minimum absolute atomic E-state index is 0.0250. The molecular weight excluding hydrogens is 911 g/mol. The number of benzene rings is 3. The van der Waals surface area contributed by atoms with Gasteiger partial charge < -0.3 is 39.4 Å². The van der Waals surface area contributed by atoms with E-state index in [0.717, 1.165) is 28.2 Å². The summed E-state index contributed by atoms with van der Waals surface area (Å²) in [7, 11) is 0. The van der Waals surface area contributed by atoms with Gasteiger partial charge in [0.05, 0.1) is 35.2 Å². The van der Waals surface area contributed by atoms with Crippen LogP contribution in [0.2, 0.25) is 0 Å². The number of anilines is 2. The van der Waals surface area contributed by atoms with E-state index >= 15 is 4.39 Å². The van der Waals surface area contributed by atoms with E-state index < -0.39 is 82.5 Å². The second-order valence-electron chi connectivity index (χ2n) is 17.2. The molecule has 0 bridgehead atoms. The van der Waals surface area contributed by atoms with Gasteiger partial charge in [0.2, 0.25) is 17.7 Å². The van der Waals surface area contributed by atoms with E-state index in [0.29, 0.717) is 11.8 Å². The summed E-state index contributed by atoms with van der Waals surface area (Å²) in [6.45, 7) is 7.35. The number of rotatable bonds is 13. The molecule has 1 unspecified atom stereocenters. The predicted molar refractivity (Wildman–Crippen MR) is 242 cm³/mol. The normalized spacial score (nSPS) is 17.1. The summed E-state index contributed by atoms with van der Waals surface area (Å²) in [6.07, 6.45) is -2.87. The van der Waals surface area contributed by atoms with Crippen LogP contribution < -0.4 is 25.2 Å². The first-order chi connectivity index (χ1) is 32.1. The lowest BCUT2D eigenvalue weighted by Crippen LogP contribution is -2.58. The van der Waals surface area contributed by atoms with Crippen LogP contribution in [0.15, 0.2) is 77.7 Å². The van der Waals surface area contributed by atoms with Crippen LogP contribution in [0.3, 0.4) is 0 Å². The number of carbonyl (C=O) groups excluding carboxylic acids is 4. The number of alkyl halides is 3. The molecule has 6 rings (SSSR count). The number of carbonyl (C=O) groups is 4. The molecule has 2 aliphatic rings. The molecule has 20 heteroatoms. The quantitative estimate of drug-likeness (QED) is 0.0662. The lowest BCUT2D eigenvalue weighted by atomic mass is 9.85. The molecule has 3 N–H and O–H groups in total. The third-order valence-corrected chi connectivity index (χ3v) is 11.3. The first-order valence-corrected chi connectivity index (χ1v) is 21.3. The van der Waals surface area contributed by atoms with Crippen LogP contribution in [0.25, 0.3) is 11.3 Å². The van der Waals surface area contributed by atoms with Gasteiger partial charge in [0.1, 0.15) is 37.4 Å². The summed E-state index contributed by atoms with van der Waals surface area (Å²) < 4.78 is 72.5. The SMILES string of the molecule is CC(C)(C)C(NC(=O)COCC#CC#CCOc1ccc(N2C(=S)N(c3ccc(C#N)c(C(F)(F)F)c3)C(=O)C2(C)C)cc1F)C(=O)N1C[C@H](O)C[C@H]1C(=O)NCc1ccc(-c2cnco2)cc1. The van der Waals surface area contributed by atoms with Crippen molar-refractivity contribution in [1.82, 2.24) is 20.5 Å². The Morgan fingerprint density at radius 3 is 2.35 bits per heavy atom. The first-order valence-electron chi connectivity index (χ1n) is 20.9. The van der Waals surface area contributed by atoms with Gasteiger partial charge in [-0.05, 0) is 85.1 Å². The smallest absolute Gasteiger partial charge is 0.417 e. The maximum atomic E-state index is 15.3. The Morgan fingerprint density at radius 2 is 1.72 bits per heavy atom. The van der Waals surface area contributed by atoms with Crippen LogP contribution in [0.5, 0.6) is 5.75 Å². The number of nitriles is 1. The summed E-state index contributed by atoms with van der Waals surface area (Å²) in [5.41, 5.74) is -2.57. The summed E-state index contributed by atoms with van der Waals surface area (Å²) in [6, 6.07) is 13.3. The molecule has 1 aromatic heterocycles. The number of hydrogen-bond donors (Lipinski definition) is 3. The number of oxazole rings is 1. The molecule has 0 aliphatic carbocycles. The van der Waals surface area contributed by atoms with Crippen molar-refractivity contribution >= 4 is 52.3 Å². The van der Waals surface area contributed by atoms with E-state index in [1.807, 2.05) is 24.3 Å². The van der Waals surface area contributed by atoms with E-state index in [-0.39, 0.29) is 55.0 Å². The molecule has 0 saturated carbocycles. The highest BCUT2D eigenvalue weighted by atomic mass is 32.1. The minimum Gasteiger partial charge on any atom is -0.478 e. The average molecular weight is 956 g/mol. The molecule has 2 fully saturated rings. The average Bonchev–Trinajstić information content (AvgIpc) is 4.01. The van der Waals surface area contributed by atoms with Gasteiger partial charge in [0, 0.05) is 36.8 Å². The van der Waals surface area contributed by atoms with Gasteiger partial charge in [0.25, 0.3) is 5.91 Å². The predicted octanol–water partition coefficient (Wildman–Crippen LogP) is 5.50. The second-order valence-corrected chi connectivity index (χ2v) is 17.6. The maximum absolute atomic E-state index is 15.3. The highest BCUT2D eigenvalue weighted by Gasteiger charge is 2.51. The van der Waals surface area contributed by atoms with E-state index in [2.05, 4.69) is 39.3 Å². The number of thiocarbonyl (C=S) groups is 1. The Morgan fingerprint density at radius 1 is 1.03 bits per heavy atom. The number of amides is 4. The monoisotopic (exact) mass is 955 g/mol. The third-order valence-electron chi connectivity index (χ3n) is 10.9. The van der Waals surface area contributed by atoms with E-state index in [1.54, 1.807) is 27.0 Å². The van der Waals surface area contributed by atoms with Crippen molar-refractivity contribution in [3.63, 3.8) is 0 Å². The number of halogens is 4. The highest BCUT2D eigenvalue weighted by molar-refractivity contribution is 7.81. The van der Waals surface area contributed by atoms with Crippen LogP contribution in [-0.2, 0) is 36.6 Å². The van der Waals surface area contributed by atoms with Crippen molar-refractivity contribution in [2.45, 2.75) is 77.5 Å². The zero-order valence-corrected chi connectivity index (χ0v) is 38.2. The zero-order valence-electron chi connectivity index (χ0n) is 37.4. The molecular formula is C48H45F4N7O8S. The Bertz CT molecular complexity index is 2750. The van der Waals surface area contributed by atoms with Gasteiger partial charge in [-0.25, -0.2) is 9.37 Å². The number of aliphatic hydroxyl groups is 1. The van der Waals surface area contributed by atoms with Gasteiger partial charge >= 0.3 is 6.18 Å². The Labute approximate surface area is 394 Å². The molecule has 0 radical (unpaired) electrons. The van der Waals surface area contributed by atoms with Gasteiger partial charge in [-0.3, -0.25) is 24.1 Å². The standard InChI is InChI=1S/C48H45F4N7O8S/c1-46(2,3)41(43(63)57-26-34(60)22-37(57)42(62)55-24-29-10-12-30(13-11-29)39-25-54-28-67-39)56-40(61)27-65-18-8-6-7-9-19-66-38-17-16-33(21-36(38)49)59-45(68)58(44(64)47(59,4)5)32-15-14-31(23-53)35(20-32)48(50,51)52/h10-17,20-21,25,28,34,37,41,60H,18-19,22,24,26-27H2,1-5H3,(H,55,62)(H,56,61)/t34-,37+,41?/m1/s1. The number of aliphatic hydroxyl groups excluding tert-OH is 1. The van der Waals surface area contributed by atoms with Crippen LogP contribution in [-0.4, -0.2) is 93.8 Å². The van der Waals surface area contributed by atoms with Gasteiger partial charge in [-0.1, -0.05) is 51.0 Å². The second kappa shape index (κ2) is 20.7. The van der Waals surface area contributed by atoms with E-state index in [1.165, 1.54) is 54.3 Å². The molecule has 4 aromatic rings. The molecule has 0 spiro atoms. The number of hydrogen-bond acceptors (Lipinski definition) is 11. The van der Waals surface area contributed by atoms with Gasteiger partial charge in [0.15, 0.2) is 28.8 Å². The Balaban J connectivity index is 0.968. The van der Waals surface area contributed by atoms with E-state index in [9.17, 15) is 42.7 Å². The number of aromatic nitrogens is 1. The van der Waals surface area contributed by atoms with Crippen molar-refractivity contribution in [1.29, 1.82) is 5.26 Å². The van der Waals surface area contributed by atoms with Crippen molar-refractivity contribution < 1.29 is 55.7 Å².